The molecule has 0 aromatic heterocycles. The molecule has 0 saturated heterocycles. The van der Waals surface area contributed by atoms with Crippen molar-refractivity contribution in [3.8, 4) is 11.5 Å². The van der Waals surface area contributed by atoms with Crippen LogP contribution in [0.3, 0.4) is 0 Å². The van der Waals surface area contributed by atoms with Crippen molar-refractivity contribution in [2.45, 2.75) is 129 Å². The van der Waals surface area contributed by atoms with Gasteiger partial charge in [0, 0.05) is 20.9 Å². The summed E-state index contributed by atoms with van der Waals surface area (Å²) in [6.07, 6.45) is -1.45. The van der Waals surface area contributed by atoms with Gasteiger partial charge >= 0.3 is 12.3 Å². The second kappa shape index (κ2) is 11.4. The van der Waals surface area contributed by atoms with Gasteiger partial charge in [-0.25, -0.2) is 9.59 Å². The molecule has 2 rings (SSSR count). The van der Waals surface area contributed by atoms with Gasteiger partial charge in [-0.3, -0.25) is 0 Å². The number of carbonyl (C=O) groups is 2. The van der Waals surface area contributed by atoms with Crippen molar-refractivity contribution in [3.05, 3.63) is 46.5 Å². The molecule has 0 fully saturated rings. The Morgan fingerprint density at radius 1 is 0.564 bits per heavy atom. The van der Waals surface area contributed by atoms with Crippen LogP contribution in [0.5, 0.6) is 11.5 Å². The van der Waals surface area contributed by atoms with Crippen LogP contribution < -0.4 is 9.47 Å². The summed E-state index contributed by atoms with van der Waals surface area (Å²) in [4.78, 5) is 27.0. The molecule has 0 N–H and O–H groups in total. The molecule has 0 radical (unpaired) electrons. The zero-order valence-electron chi connectivity index (χ0n) is 26.2. The van der Waals surface area contributed by atoms with E-state index in [1.54, 1.807) is 11.8 Å². The minimum absolute atomic E-state index is 0.281. The number of aryl methyl sites for hydroxylation is 2. The molecule has 0 spiro atoms. The molecule has 0 aliphatic carbocycles. The Morgan fingerprint density at radius 2 is 0.872 bits per heavy atom. The summed E-state index contributed by atoms with van der Waals surface area (Å²) in [5.74, 6) is 0.985. The fraction of sp³-hybridized carbons (Fsp3) is 0.562. The van der Waals surface area contributed by atoms with Crippen molar-refractivity contribution < 1.29 is 28.5 Å². The lowest BCUT2D eigenvalue weighted by molar-refractivity contribution is 0.0189. The van der Waals surface area contributed by atoms with Gasteiger partial charge in [0.1, 0.15) is 22.7 Å². The van der Waals surface area contributed by atoms with E-state index in [0.29, 0.717) is 11.5 Å². The van der Waals surface area contributed by atoms with E-state index in [1.807, 2.05) is 67.5 Å². The van der Waals surface area contributed by atoms with E-state index in [1.165, 1.54) is 0 Å². The lowest BCUT2D eigenvalue weighted by Crippen LogP contribution is -2.27. The maximum Gasteiger partial charge on any atom is 0.514 e. The lowest BCUT2D eigenvalue weighted by Gasteiger charge is -2.26. The fourth-order valence-electron chi connectivity index (χ4n) is 3.72. The van der Waals surface area contributed by atoms with Gasteiger partial charge in [0.25, 0.3) is 0 Å². The van der Waals surface area contributed by atoms with Crippen molar-refractivity contribution in [2.75, 3.05) is 0 Å². The quantitative estimate of drug-likeness (QED) is 0.273. The van der Waals surface area contributed by atoms with E-state index in [0.717, 1.165) is 32.0 Å². The minimum Gasteiger partial charge on any atom is -0.428 e. The number of ether oxygens (including phenoxy) is 4. The number of hydrogen-bond acceptors (Lipinski definition) is 7. The van der Waals surface area contributed by atoms with Gasteiger partial charge in [-0.05, 0) is 102 Å². The molecule has 7 heteroatoms. The van der Waals surface area contributed by atoms with Crippen molar-refractivity contribution in [1.29, 1.82) is 0 Å². The first kappa shape index (κ1) is 32.5. The van der Waals surface area contributed by atoms with E-state index in [-0.39, 0.29) is 10.8 Å². The molecule has 0 bridgehead atoms. The van der Waals surface area contributed by atoms with Crippen molar-refractivity contribution in [2.24, 2.45) is 0 Å². The number of carbonyl (C=O) groups excluding carboxylic acids is 2. The zero-order chi connectivity index (χ0) is 30.1. The largest absolute Gasteiger partial charge is 0.514 e. The predicted octanol–water partition coefficient (Wildman–Crippen LogP) is 9.68. The summed E-state index contributed by atoms with van der Waals surface area (Å²) in [5.41, 5.74) is 1.89. The van der Waals surface area contributed by atoms with Crippen LogP contribution in [0.15, 0.2) is 34.1 Å². The highest BCUT2D eigenvalue weighted by molar-refractivity contribution is 7.99. The molecule has 6 nitrogen and oxygen atoms in total. The maximum atomic E-state index is 12.5. The summed E-state index contributed by atoms with van der Waals surface area (Å²) >= 11 is 1.63. The van der Waals surface area contributed by atoms with Crippen molar-refractivity contribution in [3.63, 3.8) is 0 Å². The van der Waals surface area contributed by atoms with Gasteiger partial charge in [-0.2, -0.15) is 0 Å². The van der Waals surface area contributed by atoms with Crippen LogP contribution in [0.1, 0.15) is 105 Å². The molecule has 0 amide bonds. The van der Waals surface area contributed by atoms with Crippen LogP contribution in [-0.2, 0) is 20.3 Å². The monoisotopic (exact) mass is 558 g/mol. The molecule has 0 aliphatic rings. The normalized spacial score (nSPS) is 12.7. The topological polar surface area (TPSA) is 71.1 Å². The fourth-order valence-corrected chi connectivity index (χ4v) is 4.75. The molecular formula is C32H46O6S. The average Bonchev–Trinajstić information content (AvgIpc) is 2.66. The molecule has 216 valence electrons. The van der Waals surface area contributed by atoms with Crippen LogP contribution in [0.2, 0.25) is 0 Å². The first-order valence-electron chi connectivity index (χ1n) is 13.3. The highest BCUT2D eigenvalue weighted by Crippen LogP contribution is 2.43. The Bertz CT molecular complexity index is 1120. The highest BCUT2D eigenvalue weighted by atomic mass is 32.2. The minimum atomic E-state index is -0.723. The third kappa shape index (κ3) is 9.79. The third-order valence-corrected chi connectivity index (χ3v) is 6.88. The lowest BCUT2D eigenvalue weighted by atomic mass is 9.86. The second-order valence-corrected chi connectivity index (χ2v) is 15.0. The van der Waals surface area contributed by atoms with E-state index >= 15 is 0 Å². The standard InChI is InChI=1S/C32H46O6S/c1-19-15-23(35-27(33)37-31(9,10)11)21(29(3,4)5)17-25(19)39-26-18-22(30(6,7)8)24(16-20(26)2)36-28(34)38-32(12,13)14/h15-18H,1-14H3. The molecule has 0 aliphatic heterocycles. The summed E-state index contributed by atoms with van der Waals surface area (Å²) in [7, 11) is 0. The van der Waals surface area contributed by atoms with E-state index in [4.69, 9.17) is 18.9 Å². The van der Waals surface area contributed by atoms with Crippen LogP contribution in [-0.4, -0.2) is 23.5 Å². The summed E-state index contributed by atoms with van der Waals surface area (Å²) < 4.78 is 22.1. The van der Waals surface area contributed by atoms with Gasteiger partial charge < -0.3 is 18.9 Å². The zero-order valence-corrected chi connectivity index (χ0v) is 27.0. The van der Waals surface area contributed by atoms with Gasteiger partial charge in [-0.15, -0.1) is 0 Å². The molecule has 0 atom stereocenters. The van der Waals surface area contributed by atoms with Crippen LogP contribution in [0.4, 0.5) is 9.59 Å². The highest BCUT2D eigenvalue weighted by Gasteiger charge is 2.27. The van der Waals surface area contributed by atoms with Gasteiger partial charge in [0.05, 0.1) is 0 Å². The molecule has 2 aromatic rings. The predicted molar refractivity (Wildman–Crippen MR) is 158 cm³/mol. The van der Waals surface area contributed by atoms with Crippen LogP contribution in [0.25, 0.3) is 0 Å². The van der Waals surface area contributed by atoms with Gasteiger partial charge in [0.2, 0.25) is 0 Å². The van der Waals surface area contributed by atoms with E-state index in [2.05, 4.69) is 53.7 Å². The molecule has 39 heavy (non-hydrogen) atoms. The summed E-state index contributed by atoms with van der Waals surface area (Å²) in [6, 6.07) is 7.96. The Balaban J connectivity index is 2.51. The van der Waals surface area contributed by atoms with Gasteiger partial charge in [-0.1, -0.05) is 53.3 Å². The van der Waals surface area contributed by atoms with E-state index in [9.17, 15) is 9.59 Å². The van der Waals surface area contributed by atoms with Crippen LogP contribution >= 0.6 is 11.8 Å². The number of benzene rings is 2. The first-order chi connectivity index (χ1) is 17.5. The van der Waals surface area contributed by atoms with Crippen molar-refractivity contribution >= 4 is 24.1 Å². The van der Waals surface area contributed by atoms with Crippen molar-refractivity contribution in [1.82, 2.24) is 0 Å². The first-order valence-corrected chi connectivity index (χ1v) is 14.1. The van der Waals surface area contributed by atoms with Crippen LogP contribution in [0, 0.1) is 13.8 Å². The maximum absolute atomic E-state index is 12.5. The molecule has 0 unspecified atom stereocenters. The number of hydrogen-bond donors (Lipinski definition) is 0. The summed E-state index contributed by atoms with van der Waals surface area (Å²) in [5, 5.41) is 0. The second-order valence-electron chi connectivity index (χ2n) is 14.0. The molecule has 0 saturated carbocycles. The molecular weight excluding hydrogens is 512 g/mol. The Labute approximate surface area is 239 Å². The molecule has 2 aromatic carbocycles. The van der Waals surface area contributed by atoms with E-state index < -0.39 is 23.5 Å². The molecule has 0 heterocycles. The van der Waals surface area contributed by atoms with Gasteiger partial charge in [0.15, 0.2) is 0 Å². The Morgan fingerprint density at radius 3 is 1.13 bits per heavy atom. The number of rotatable bonds is 4. The SMILES string of the molecule is Cc1cc(OC(=O)OC(C)(C)C)c(C(C)(C)C)cc1Sc1cc(C(C)(C)C)c(OC(=O)OC(C)(C)C)cc1C. The smallest absolute Gasteiger partial charge is 0.428 e. The summed E-state index contributed by atoms with van der Waals surface area (Å²) in [6.45, 7) is 27.3. The average molecular weight is 559 g/mol. The Hall–Kier alpha value is -2.67. The Kier molecular flexibility index (Phi) is 9.55. The third-order valence-electron chi connectivity index (χ3n) is 5.56.